The van der Waals surface area contributed by atoms with E-state index in [2.05, 4.69) is 9.88 Å². The molecule has 1 fully saturated rings. The molecule has 1 saturated heterocycles. The van der Waals surface area contributed by atoms with Gasteiger partial charge in [0.15, 0.2) is 0 Å². The summed E-state index contributed by atoms with van der Waals surface area (Å²) in [4.78, 5) is 22.1. The van der Waals surface area contributed by atoms with Crippen LogP contribution >= 0.6 is 0 Å². The summed E-state index contributed by atoms with van der Waals surface area (Å²) >= 11 is 0. The van der Waals surface area contributed by atoms with Crippen LogP contribution in [0.3, 0.4) is 0 Å². The molecule has 0 bridgehead atoms. The van der Waals surface area contributed by atoms with E-state index in [0.717, 1.165) is 43.0 Å². The van der Waals surface area contributed by atoms with Crippen molar-refractivity contribution in [3.05, 3.63) is 47.7 Å². The Hall–Kier alpha value is -2.45. The minimum atomic E-state index is -3.52. The third-order valence-electron chi connectivity index (χ3n) is 5.96. The molecule has 30 heavy (non-hydrogen) atoms. The summed E-state index contributed by atoms with van der Waals surface area (Å²) in [6.07, 6.45) is 4.59. The maximum absolute atomic E-state index is 13.4. The molecule has 0 aliphatic carbocycles. The molecule has 1 aromatic carbocycles. The molecule has 2 aromatic rings. The molecule has 4 rings (SSSR count). The molecule has 0 radical (unpaired) electrons. The van der Waals surface area contributed by atoms with Crippen molar-refractivity contribution in [3.8, 4) is 0 Å². The number of carbonyl (C=O) groups excluding carboxylic acids is 1. The van der Waals surface area contributed by atoms with Crippen LogP contribution in [-0.4, -0.2) is 56.3 Å². The van der Waals surface area contributed by atoms with E-state index in [0.29, 0.717) is 36.5 Å². The summed E-state index contributed by atoms with van der Waals surface area (Å²) in [5, 5.41) is 0. The quantitative estimate of drug-likeness (QED) is 0.707. The minimum absolute atomic E-state index is 0.0805. The summed E-state index contributed by atoms with van der Waals surface area (Å²) < 4.78 is 27.2. The van der Waals surface area contributed by atoms with Crippen molar-refractivity contribution in [1.82, 2.24) is 9.29 Å². The smallest absolute Gasteiger partial charge is 0.262 e. The number of benzene rings is 1. The first-order chi connectivity index (χ1) is 14.5. The van der Waals surface area contributed by atoms with E-state index >= 15 is 0 Å². The van der Waals surface area contributed by atoms with E-state index < -0.39 is 10.0 Å². The Morgan fingerprint density at radius 3 is 2.53 bits per heavy atom. The Morgan fingerprint density at radius 1 is 1.10 bits per heavy atom. The normalized spacial score (nSPS) is 16.4. The van der Waals surface area contributed by atoms with E-state index in [1.165, 1.54) is 4.31 Å². The molecule has 7 nitrogen and oxygen atoms in total. The highest BCUT2D eigenvalue weighted by atomic mass is 32.2. The van der Waals surface area contributed by atoms with Gasteiger partial charge in [0.2, 0.25) is 10.0 Å². The fourth-order valence-electron chi connectivity index (χ4n) is 4.35. The third-order valence-corrected chi connectivity index (χ3v) is 8.00. The highest BCUT2D eigenvalue weighted by Gasteiger charge is 2.31. The number of fused-ring (bicyclic) bond motifs is 1. The maximum Gasteiger partial charge on any atom is 0.262 e. The van der Waals surface area contributed by atoms with Crippen LogP contribution in [0.25, 0.3) is 0 Å². The predicted octanol–water partition coefficient (Wildman–Crippen LogP) is 2.92. The number of hydrogen-bond donors (Lipinski definition) is 0. The molecular formula is C22H28N4O3S. The van der Waals surface area contributed by atoms with Crippen LogP contribution in [-0.2, 0) is 16.4 Å². The van der Waals surface area contributed by atoms with Gasteiger partial charge >= 0.3 is 0 Å². The molecule has 2 aliphatic rings. The van der Waals surface area contributed by atoms with E-state index in [1.54, 1.807) is 35.4 Å². The van der Waals surface area contributed by atoms with Crippen LogP contribution < -0.4 is 9.80 Å². The number of sulfonamides is 1. The van der Waals surface area contributed by atoms with Crippen molar-refractivity contribution in [2.75, 3.05) is 42.5 Å². The first kappa shape index (κ1) is 20.8. The monoisotopic (exact) mass is 428 g/mol. The summed E-state index contributed by atoms with van der Waals surface area (Å²) in [6.45, 7) is 6.90. The number of amides is 1. The second-order valence-corrected chi connectivity index (χ2v) is 9.59. The van der Waals surface area contributed by atoms with Crippen molar-refractivity contribution in [2.45, 2.75) is 38.0 Å². The molecular weight excluding hydrogens is 400 g/mol. The van der Waals surface area contributed by atoms with Crippen LogP contribution in [0.5, 0.6) is 0 Å². The van der Waals surface area contributed by atoms with E-state index in [1.807, 2.05) is 19.9 Å². The van der Waals surface area contributed by atoms with Crippen molar-refractivity contribution in [3.63, 3.8) is 0 Å². The number of anilines is 2. The van der Waals surface area contributed by atoms with Gasteiger partial charge < -0.3 is 9.80 Å². The summed E-state index contributed by atoms with van der Waals surface area (Å²) in [5.74, 6) is 0.664. The molecule has 1 aromatic heterocycles. The van der Waals surface area contributed by atoms with Gasteiger partial charge in [-0.1, -0.05) is 13.8 Å². The van der Waals surface area contributed by atoms with Crippen LogP contribution in [0, 0.1) is 0 Å². The van der Waals surface area contributed by atoms with Gasteiger partial charge in [-0.3, -0.25) is 4.79 Å². The van der Waals surface area contributed by atoms with Gasteiger partial charge in [-0.2, -0.15) is 4.31 Å². The number of rotatable bonds is 6. The molecule has 0 atom stereocenters. The van der Waals surface area contributed by atoms with E-state index in [-0.39, 0.29) is 5.91 Å². The number of pyridine rings is 1. The molecule has 3 heterocycles. The van der Waals surface area contributed by atoms with Crippen LogP contribution in [0.2, 0.25) is 0 Å². The van der Waals surface area contributed by atoms with Gasteiger partial charge in [-0.05, 0) is 55.2 Å². The Morgan fingerprint density at radius 2 is 1.83 bits per heavy atom. The van der Waals surface area contributed by atoms with E-state index in [4.69, 9.17) is 0 Å². The molecule has 1 amide bonds. The fraction of sp³-hybridized carbons (Fsp3) is 0.455. The van der Waals surface area contributed by atoms with Gasteiger partial charge in [0.1, 0.15) is 5.82 Å². The van der Waals surface area contributed by atoms with Gasteiger partial charge in [-0.15, -0.1) is 0 Å². The second kappa shape index (κ2) is 8.35. The molecule has 2 aliphatic heterocycles. The highest BCUT2D eigenvalue weighted by Crippen LogP contribution is 2.33. The van der Waals surface area contributed by atoms with E-state index in [9.17, 15) is 13.2 Å². The number of aromatic nitrogens is 1. The molecule has 160 valence electrons. The summed E-state index contributed by atoms with van der Waals surface area (Å²) in [6, 6.07) is 8.73. The topological polar surface area (TPSA) is 73.8 Å². The zero-order chi connectivity index (χ0) is 21.3. The summed E-state index contributed by atoms with van der Waals surface area (Å²) in [7, 11) is -3.52. The van der Waals surface area contributed by atoms with Crippen LogP contribution in [0.15, 0.2) is 41.4 Å². The lowest BCUT2D eigenvalue weighted by molar-refractivity contribution is 0.0989. The lowest BCUT2D eigenvalue weighted by Crippen LogP contribution is -2.32. The first-order valence-corrected chi connectivity index (χ1v) is 12.1. The van der Waals surface area contributed by atoms with Gasteiger partial charge in [0, 0.05) is 44.6 Å². The Balaban J connectivity index is 1.64. The average Bonchev–Trinajstić information content (AvgIpc) is 3.43. The SMILES string of the molecule is CCN(CC)S(=O)(=O)c1ccc2c(c1)CCN2C(=O)c1cccnc1N1CCCC1. The maximum atomic E-state index is 13.4. The average molecular weight is 429 g/mol. The number of hydrogen-bond acceptors (Lipinski definition) is 5. The molecule has 0 N–H and O–H groups in total. The Bertz CT molecular complexity index is 1040. The highest BCUT2D eigenvalue weighted by molar-refractivity contribution is 7.89. The molecule has 0 spiro atoms. The predicted molar refractivity (Wildman–Crippen MR) is 118 cm³/mol. The zero-order valence-electron chi connectivity index (χ0n) is 17.5. The largest absolute Gasteiger partial charge is 0.356 e. The molecule has 0 saturated carbocycles. The Labute approximate surface area is 178 Å². The first-order valence-electron chi connectivity index (χ1n) is 10.6. The zero-order valence-corrected chi connectivity index (χ0v) is 18.4. The third kappa shape index (κ3) is 3.58. The lowest BCUT2D eigenvalue weighted by atomic mass is 10.1. The summed E-state index contributed by atoms with van der Waals surface area (Å²) in [5.41, 5.74) is 2.28. The minimum Gasteiger partial charge on any atom is -0.356 e. The molecule has 8 heteroatoms. The fourth-order valence-corrected chi connectivity index (χ4v) is 5.86. The number of carbonyl (C=O) groups is 1. The van der Waals surface area contributed by atoms with Crippen LogP contribution in [0.1, 0.15) is 42.6 Å². The Kier molecular flexibility index (Phi) is 5.79. The second-order valence-electron chi connectivity index (χ2n) is 7.66. The standard InChI is InChI=1S/C22H28N4O3S/c1-3-25(4-2)30(28,29)18-9-10-20-17(16-18)11-15-26(20)22(27)19-8-7-12-23-21(19)24-13-5-6-14-24/h7-10,12,16H,3-6,11,13-15H2,1-2H3. The van der Waals surface area contributed by atoms with Gasteiger partial charge in [0.25, 0.3) is 5.91 Å². The van der Waals surface area contributed by atoms with Crippen molar-refractivity contribution >= 4 is 27.4 Å². The molecule has 0 unspecified atom stereocenters. The number of nitrogens with zero attached hydrogens (tertiary/aromatic N) is 4. The van der Waals surface area contributed by atoms with Gasteiger partial charge in [0.05, 0.1) is 10.5 Å². The van der Waals surface area contributed by atoms with Crippen LogP contribution in [0.4, 0.5) is 11.5 Å². The van der Waals surface area contributed by atoms with Crippen molar-refractivity contribution in [2.24, 2.45) is 0 Å². The lowest BCUT2D eigenvalue weighted by Gasteiger charge is -2.23. The van der Waals surface area contributed by atoms with Crippen molar-refractivity contribution < 1.29 is 13.2 Å². The van der Waals surface area contributed by atoms with Gasteiger partial charge in [-0.25, -0.2) is 13.4 Å². The van der Waals surface area contributed by atoms with Crippen molar-refractivity contribution in [1.29, 1.82) is 0 Å².